The Morgan fingerprint density at radius 2 is 1.76 bits per heavy atom. The van der Waals surface area contributed by atoms with Crippen LogP contribution < -0.4 is 0 Å². The second-order valence-corrected chi connectivity index (χ2v) is 7.24. The third-order valence-electron chi connectivity index (χ3n) is 4.49. The minimum absolute atomic E-state index is 0.0600. The van der Waals surface area contributed by atoms with Crippen molar-refractivity contribution in [2.75, 3.05) is 20.6 Å². The van der Waals surface area contributed by atoms with Gasteiger partial charge in [0.15, 0.2) is 0 Å². The fourth-order valence-corrected chi connectivity index (χ4v) is 3.06. The van der Waals surface area contributed by atoms with Crippen LogP contribution >= 0.6 is 11.6 Å². The first kappa shape index (κ1) is 20.6. The van der Waals surface area contributed by atoms with Crippen molar-refractivity contribution in [3.63, 3.8) is 0 Å². The van der Waals surface area contributed by atoms with E-state index in [4.69, 9.17) is 16.1 Å². The molecule has 1 heterocycles. The lowest BCUT2D eigenvalue weighted by molar-refractivity contribution is 0.0710. The van der Waals surface area contributed by atoms with Crippen molar-refractivity contribution < 1.29 is 14.1 Å². The van der Waals surface area contributed by atoms with Gasteiger partial charge in [-0.1, -0.05) is 41.0 Å². The van der Waals surface area contributed by atoms with E-state index in [0.717, 1.165) is 11.1 Å². The summed E-state index contributed by atoms with van der Waals surface area (Å²) < 4.78 is 5.28. The largest absolute Gasteiger partial charge is 0.350 e. The van der Waals surface area contributed by atoms with Crippen LogP contribution in [0.5, 0.6) is 0 Å². The van der Waals surface area contributed by atoms with Gasteiger partial charge in [-0.15, -0.1) is 0 Å². The van der Waals surface area contributed by atoms with E-state index < -0.39 is 0 Å². The third kappa shape index (κ3) is 4.84. The van der Waals surface area contributed by atoms with Crippen LogP contribution in [0, 0.1) is 0 Å². The Hall–Kier alpha value is -3.12. The van der Waals surface area contributed by atoms with E-state index in [9.17, 15) is 9.59 Å². The Kier molecular flexibility index (Phi) is 6.34. The van der Waals surface area contributed by atoms with E-state index in [1.807, 2.05) is 31.2 Å². The molecule has 0 radical (unpaired) electrons. The van der Waals surface area contributed by atoms with Gasteiger partial charge in [0.25, 0.3) is 11.8 Å². The smallest absolute Gasteiger partial charge is 0.292 e. The first-order chi connectivity index (χ1) is 13.9. The summed E-state index contributed by atoms with van der Waals surface area (Å²) in [5.74, 6) is -0.141. The minimum Gasteiger partial charge on any atom is -0.350 e. The first-order valence-corrected chi connectivity index (χ1v) is 9.59. The number of halogens is 1. The summed E-state index contributed by atoms with van der Waals surface area (Å²) in [6.07, 6.45) is 0. The maximum atomic E-state index is 12.9. The topological polar surface area (TPSA) is 66.7 Å². The number of amides is 2. The van der Waals surface area contributed by atoms with Gasteiger partial charge in [-0.25, -0.2) is 0 Å². The van der Waals surface area contributed by atoms with Gasteiger partial charge in [0.05, 0.1) is 0 Å². The van der Waals surface area contributed by atoms with E-state index in [2.05, 4.69) is 5.16 Å². The van der Waals surface area contributed by atoms with Crippen LogP contribution in [0.3, 0.4) is 0 Å². The van der Waals surface area contributed by atoms with Crippen LogP contribution in [0.4, 0.5) is 0 Å². The normalized spacial score (nSPS) is 10.6. The van der Waals surface area contributed by atoms with Gasteiger partial charge in [-0.3, -0.25) is 9.59 Å². The molecule has 0 saturated heterocycles. The molecule has 0 N–H and O–H groups in total. The number of nitrogens with zero attached hydrogens (tertiary/aromatic N) is 3. The predicted octanol–water partition coefficient (Wildman–Crippen LogP) is 4.36. The Morgan fingerprint density at radius 3 is 2.38 bits per heavy atom. The number of hydrogen-bond acceptors (Lipinski definition) is 4. The number of hydrogen-bond donors (Lipinski definition) is 0. The van der Waals surface area contributed by atoms with Crippen molar-refractivity contribution in [3.05, 3.63) is 76.5 Å². The van der Waals surface area contributed by atoms with Gasteiger partial charge in [-0.2, -0.15) is 0 Å². The van der Waals surface area contributed by atoms with E-state index in [-0.39, 0.29) is 17.6 Å². The van der Waals surface area contributed by atoms with Crippen LogP contribution in [0.2, 0.25) is 5.02 Å². The average Bonchev–Trinajstić information content (AvgIpc) is 3.21. The molecule has 0 fully saturated rings. The van der Waals surface area contributed by atoms with Crippen LogP contribution in [-0.4, -0.2) is 47.4 Å². The molecular formula is C22H22ClN3O3. The SMILES string of the molecule is CCN(Cc1ccc(C(=O)N(C)C)cc1)C(=O)c1cc(-c2cccc(Cl)c2)no1. The lowest BCUT2D eigenvalue weighted by Crippen LogP contribution is -2.30. The minimum atomic E-state index is -0.248. The van der Waals surface area contributed by atoms with E-state index in [0.29, 0.717) is 29.4 Å². The number of benzene rings is 2. The van der Waals surface area contributed by atoms with E-state index >= 15 is 0 Å². The summed E-state index contributed by atoms with van der Waals surface area (Å²) in [6.45, 7) is 2.81. The molecule has 29 heavy (non-hydrogen) atoms. The molecule has 1 aromatic heterocycles. The van der Waals surface area contributed by atoms with Crippen molar-refractivity contribution in [1.29, 1.82) is 0 Å². The molecule has 0 bridgehead atoms. The average molecular weight is 412 g/mol. The summed E-state index contributed by atoms with van der Waals surface area (Å²) in [7, 11) is 3.42. The fourth-order valence-electron chi connectivity index (χ4n) is 2.87. The standard InChI is InChI=1S/C22H22ClN3O3/c1-4-26(14-15-8-10-16(11-9-15)21(27)25(2)3)22(28)20-13-19(24-29-20)17-6-5-7-18(23)12-17/h5-13H,4,14H2,1-3H3. The molecule has 7 heteroatoms. The molecule has 0 atom stereocenters. The molecule has 0 aliphatic carbocycles. The first-order valence-electron chi connectivity index (χ1n) is 9.21. The molecule has 0 spiro atoms. The Morgan fingerprint density at radius 1 is 1.03 bits per heavy atom. The van der Waals surface area contributed by atoms with Crippen LogP contribution in [-0.2, 0) is 6.54 Å². The number of carbonyl (C=O) groups is 2. The molecule has 150 valence electrons. The highest BCUT2D eigenvalue weighted by Crippen LogP contribution is 2.23. The van der Waals surface area contributed by atoms with Crippen molar-refractivity contribution in [3.8, 4) is 11.3 Å². The van der Waals surface area contributed by atoms with Crippen molar-refractivity contribution >= 4 is 23.4 Å². The molecule has 0 unspecified atom stereocenters. The number of aromatic nitrogens is 1. The fraction of sp³-hybridized carbons (Fsp3) is 0.227. The van der Waals surface area contributed by atoms with Gasteiger partial charge in [-0.05, 0) is 36.8 Å². The predicted molar refractivity (Wildman–Crippen MR) is 112 cm³/mol. The summed E-state index contributed by atoms with van der Waals surface area (Å²) in [5.41, 5.74) is 2.86. The number of rotatable bonds is 6. The molecule has 6 nitrogen and oxygen atoms in total. The summed E-state index contributed by atoms with van der Waals surface area (Å²) in [4.78, 5) is 28.0. The van der Waals surface area contributed by atoms with E-state index in [1.54, 1.807) is 49.3 Å². The van der Waals surface area contributed by atoms with Crippen molar-refractivity contribution in [2.24, 2.45) is 0 Å². The van der Waals surface area contributed by atoms with Gasteiger partial charge < -0.3 is 14.3 Å². The molecule has 2 aromatic carbocycles. The molecule has 0 saturated carbocycles. The van der Waals surface area contributed by atoms with Crippen molar-refractivity contribution in [1.82, 2.24) is 15.0 Å². The summed E-state index contributed by atoms with van der Waals surface area (Å²) >= 11 is 6.02. The van der Waals surface area contributed by atoms with E-state index in [1.165, 1.54) is 4.90 Å². The summed E-state index contributed by atoms with van der Waals surface area (Å²) in [5, 5.41) is 4.58. The van der Waals surface area contributed by atoms with Gasteiger partial charge in [0.1, 0.15) is 5.69 Å². The van der Waals surface area contributed by atoms with Crippen LogP contribution in [0.1, 0.15) is 33.4 Å². The molecular weight excluding hydrogens is 390 g/mol. The van der Waals surface area contributed by atoms with Gasteiger partial charge >= 0.3 is 0 Å². The lowest BCUT2D eigenvalue weighted by Gasteiger charge is -2.19. The third-order valence-corrected chi connectivity index (χ3v) is 4.73. The highest BCUT2D eigenvalue weighted by atomic mass is 35.5. The van der Waals surface area contributed by atoms with Gasteiger partial charge in [0, 0.05) is 49.4 Å². The summed E-state index contributed by atoms with van der Waals surface area (Å²) in [6, 6.07) is 16.1. The molecule has 3 aromatic rings. The Bertz CT molecular complexity index is 1010. The second kappa shape index (κ2) is 8.92. The maximum Gasteiger partial charge on any atom is 0.292 e. The molecule has 0 aliphatic rings. The maximum absolute atomic E-state index is 12.9. The monoisotopic (exact) mass is 411 g/mol. The number of carbonyl (C=O) groups excluding carboxylic acids is 2. The zero-order chi connectivity index (χ0) is 21.0. The van der Waals surface area contributed by atoms with Crippen LogP contribution in [0.15, 0.2) is 59.1 Å². The molecule has 3 rings (SSSR count). The highest BCUT2D eigenvalue weighted by molar-refractivity contribution is 6.30. The zero-order valence-corrected chi connectivity index (χ0v) is 17.3. The van der Waals surface area contributed by atoms with Crippen LogP contribution in [0.25, 0.3) is 11.3 Å². The Labute approximate surface area is 174 Å². The second-order valence-electron chi connectivity index (χ2n) is 6.80. The molecule has 0 aliphatic heterocycles. The quantitative estimate of drug-likeness (QED) is 0.604. The Balaban J connectivity index is 1.73. The van der Waals surface area contributed by atoms with Gasteiger partial charge in [0.2, 0.25) is 5.76 Å². The zero-order valence-electron chi connectivity index (χ0n) is 16.6. The highest BCUT2D eigenvalue weighted by Gasteiger charge is 2.20. The lowest BCUT2D eigenvalue weighted by atomic mass is 10.1. The van der Waals surface area contributed by atoms with Crippen molar-refractivity contribution in [2.45, 2.75) is 13.5 Å². The molecule has 2 amide bonds.